The number of halogens is 1. The van der Waals surface area contributed by atoms with Gasteiger partial charge < -0.3 is 10.4 Å². The summed E-state index contributed by atoms with van der Waals surface area (Å²) in [6.45, 7) is 7.50. The highest BCUT2D eigenvalue weighted by atomic mass is 79.9. The maximum atomic E-state index is 12.2. The van der Waals surface area contributed by atoms with Crippen LogP contribution in [-0.4, -0.2) is 17.0 Å². The first-order chi connectivity index (χ1) is 9.75. The fourth-order valence-electron chi connectivity index (χ4n) is 2.44. The Bertz CT molecular complexity index is 527. The number of carboxylic acids is 1. The molecule has 0 radical (unpaired) electrons. The molecule has 1 aromatic carbocycles. The molecule has 116 valence electrons. The predicted octanol–water partition coefficient (Wildman–Crippen LogP) is 4.29. The van der Waals surface area contributed by atoms with Crippen molar-refractivity contribution in [2.24, 2.45) is 5.41 Å². The number of rotatable bonds is 6. The normalized spacial score (nSPS) is 11.3. The molecule has 0 atom stereocenters. The van der Waals surface area contributed by atoms with Gasteiger partial charge in [0.05, 0.1) is 11.1 Å². The monoisotopic (exact) mass is 355 g/mol. The predicted molar refractivity (Wildman–Crippen MR) is 87.5 cm³/mol. The van der Waals surface area contributed by atoms with Crippen LogP contribution in [0.25, 0.3) is 0 Å². The standard InChI is InChI=1S/C16H22BrNO3/c1-5-16(6-2,15(20)21)9-13(19)18-14-11(4)7-10(3)8-12(14)17/h7-8H,5-6,9H2,1-4H3,(H,18,19)(H,20,21). The minimum atomic E-state index is -0.991. The number of carbonyl (C=O) groups excluding carboxylic acids is 1. The first kappa shape index (κ1) is 17.7. The largest absolute Gasteiger partial charge is 0.481 e. The van der Waals surface area contributed by atoms with Gasteiger partial charge in [-0.1, -0.05) is 19.9 Å². The summed E-state index contributed by atoms with van der Waals surface area (Å²) < 4.78 is 0.808. The van der Waals surface area contributed by atoms with Crippen LogP contribution in [0.15, 0.2) is 16.6 Å². The molecule has 0 spiro atoms. The van der Waals surface area contributed by atoms with E-state index in [4.69, 9.17) is 0 Å². The van der Waals surface area contributed by atoms with E-state index in [1.165, 1.54) is 0 Å². The van der Waals surface area contributed by atoms with Crippen LogP contribution in [0.1, 0.15) is 44.2 Å². The number of benzene rings is 1. The molecule has 0 bridgehead atoms. The topological polar surface area (TPSA) is 66.4 Å². The summed E-state index contributed by atoms with van der Waals surface area (Å²) in [6, 6.07) is 3.90. The number of hydrogen-bond donors (Lipinski definition) is 2. The molecule has 0 fully saturated rings. The van der Waals surface area contributed by atoms with Gasteiger partial charge in [0.1, 0.15) is 0 Å². The van der Waals surface area contributed by atoms with Crippen molar-refractivity contribution >= 4 is 33.5 Å². The molecule has 0 aliphatic heterocycles. The van der Waals surface area contributed by atoms with Crippen molar-refractivity contribution in [1.29, 1.82) is 0 Å². The zero-order valence-electron chi connectivity index (χ0n) is 12.9. The average Bonchev–Trinajstić information content (AvgIpc) is 2.40. The number of carbonyl (C=O) groups is 2. The summed E-state index contributed by atoms with van der Waals surface area (Å²) in [5.74, 6) is -1.18. The van der Waals surface area contributed by atoms with Gasteiger partial charge in [-0.2, -0.15) is 0 Å². The smallest absolute Gasteiger partial charge is 0.310 e. The van der Waals surface area contributed by atoms with E-state index in [1.54, 1.807) is 13.8 Å². The Morgan fingerprint density at radius 3 is 2.24 bits per heavy atom. The second kappa shape index (κ2) is 7.07. The lowest BCUT2D eigenvalue weighted by Gasteiger charge is -2.26. The molecule has 5 heteroatoms. The minimum Gasteiger partial charge on any atom is -0.481 e. The fraction of sp³-hybridized carbons (Fsp3) is 0.500. The Hall–Kier alpha value is -1.36. The number of aryl methyl sites for hydroxylation is 2. The molecular weight excluding hydrogens is 334 g/mol. The average molecular weight is 356 g/mol. The van der Waals surface area contributed by atoms with Crippen molar-refractivity contribution < 1.29 is 14.7 Å². The van der Waals surface area contributed by atoms with Crippen molar-refractivity contribution in [3.05, 3.63) is 27.7 Å². The van der Waals surface area contributed by atoms with Crippen molar-refractivity contribution in [3.63, 3.8) is 0 Å². The second-order valence-electron chi connectivity index (χ2n) is 5.46. The highest BCUT2D eigenvalue weighted by molar-refractivity contribution is 9.10. The Balaban J connectivity index is 2.95. The van der Waals surface area contributed by atoms with E-state index in [0.29, 0.717) is 18.5 Å². The molecule has 21 heavy (non-hydrogen) atoms. The zero-order valence-corrected chi connectivity index (χ0v) is 14.5. The molecule has 2 N–H and O–H groups in total. The lowest BCUT2D eigenvalue weighted by atomic mass is 9.79. The van der Waals surface area contributed by atoms with Crippen LogP contribution < -0.4 is 5.32 Å². The van der Waals surface area contributed by atoms with Gasteiger partial charge in [-0.3, -0.25) is 9.59 Å². The van der Waals surface area contributed by atoms with Crippen molar-refractivity contribution in [2.45, 2.75) is 47.0 Å². The lowest BCUT2D eigenvalue weighted by molar-refractivity contribution is -0.151. The first-order valence-electron chi connectivity index (χ1n) is 7.05. The van der Waals surface area contributed by atoms with Crippen LogP contribution >= 0.6 is 15.9 Å². The second-order valence-corrected chi connectivity index (χ2v) is 6.31. The number of carboxylic acid groups (broad SMARTS) is 1. The molecule has 1 rings (SSSR count). The zero-order chi connectivity index (χ0) is 16.2. The number of anilines is 1. The molecular formula is C16H22BrNO3. The van der Waals surface area contributed by atoms with Crippen molar-refractivity contribution in [3.8, 4) is 0 Å². The molecule has 0 saturated heterocycles. The van der Waals surface area contributed by atoms with Gasteiger partial charge in [0.15, 0.2) is 0 Å². The van der Waals surface area contributed by atoms with Gasteiger partial charge in [-0.15, -0.1) is 0 Å². The van der Waals surface area contributed by atoms with E-state index in [1.807, 2.05) is 26.0 Å². The third-order valence-corrected chi connectivity index (χ3v) is 4.63. The van der Waals surface area contributed by atoms with E-state index in [0.717, 1.165) is 15.6 Å². The van der Waals surface area contributed by atoms with Gasteiger partial charge in [-0.05, 0) is 59.8 Å². The molecule has 0 aliphatic rings. The van der Waals surface area contributed by atoms with Crippen LogP contribution in [0.2, 0.25) is 0 Å². The quantitative estimate of drug-likeness (QED) is 0.799. The molecule has 0 unspecified atom stereocenters. The van der Waals surface area contributed by atoms with E-state index in [2.05, 4.69) is 21.2 Å². The van der Waals surface area contributed by atoms with Crippen LogP contribution in [0.3, 0.4) is 0 Å². The number of hydrogen-bond acceptors (Lipinski definition) is 2. The van der Waals surface area contributed by atoms with Crippen LogP contribution in [-0.2, 0) is 9.59 Å². The summed E-state index contributed by atoms with van der Waals surface area (Å²) in [5, 5.41) is 12.2. The first-order valence-corrected chi connectivity index (χ1v) is 7.85. The Kier molecular flexibility index (Phi) is 5.96. The number of amides is 1. The van der Waals surface area contributed by atoms with Crippen LogP contribution in [0.4, 0.5) is 5.69 Å². The fourth-order valence-corrected chi connectivity index (χ4v) is 3.22. The Morgan fingerprint density at radius 2 is 1.81 bits per heavy atom. The molecule has 1 amide bonds. The summed E-state index contributed by atoms with van der Waals surface area (Å²) in [6.07, 6.45) is 0.843. The Morgan fingerprint density at radius 1 is 1.24 bits per heavy atom. The van der Waals surface area contributed by atoms with Gasteiger partial charge in [0.25, 0.3) is 0 Å². The number of nitrogens with one attached hydrogen (secondary N) is 1. The highest BCUT2D eigenvalue weighted by Crippen LogP contribution is 2.33. The van der Waals surface area contributed by atoms with Crippen LogP contribution in [0, 0.1) is 19.3 Å². The van der Waals surface area contributed by atoms with E-state index < -0.39 is 11.4 Å². The molecule has 0 aromatic heterocycles. The summed E-state index contributed by atoms with van der Waals surface area (Å²) in [5.41, 5.74) is 1.76. The van der Waals surface area contributed by atoms with Gasteiger partial charge in [0, 0.05) is 10.9 Å². The minimum absolute atomic E-state index is 0.0188. The van der Waals surface area contributed by atoms with Gasteiger partial charge in [0.2, 0.25) is 5.91 Å². The van der Waals surface area contributed by atoms with Gasteiger partial charge >= 0.3 is 5.97 Å². The lowest BCUT2D eigenvalue weighted by Crippen LogP contribution is -2.34. The molecule has 1 aromatic rings. The third-order valence-electron chi connectivity index (χ3n) is 4.00. The molecule has 4 nitrogen and oxygen atoms in total. The SMILES string of the molecule is CCC(CC)(CC(=O)Nc1c(C)cc(C)cc1Br)C(=O)O. The van der Waals surface area contributed by atoms with Crippen LogP contribution in [0.5, 0.6) is 0 Å². The van der Waals surface area contributed by atoms with E-state index in [9.17, 15) is 14.7 Å². The van der Waals surface area contributed by atoms with E-state index >= 15 is 0 Å². The Labute approximate surface area is 134 Å². The summed E-state index contributed by atoms with van der Waals surface area (Å²) in [7, 11) is 0. The van der Waals surface area contributed by atoms with E-state index in [-0.39, 0.29) is 12.3 Å². The molecule has 0 heterocycles. The van der Waals surface area contributed by atoms with Crippen molar-refractivity contribution in [1.82, 2.24) is 0 Å². The summed E-state index contributed by atoms with van der Waals surface area (Å²) >= 11 is 3.44. The van der Waals surface area contributed by atoms with Gasteiger partial charge in [-0.25, -0.2) is 0 Å². The number of aliphatic carboxylic acids is 1. The summed E-state index contributed by atoms with van der Waals surface area (Å²) in [4.78, 5) is 23.7. The maximum Gasteiger partial charge on any atom is 0.310 e. The molecule has 0 aliphatic carbocycles. The maximum absolute atomic E-state index is 12.2. The highest BCUT2D eigenvalue weighted by Gasteiger charge is 2.37. The van der Waals surface area contributed by atoms with Crippen molar-refractivity contribution in [2.75, 3.05) is 5.32 Å². The molecule has 0 saturated carbocycles. The third kappa shape index (κ3) is 4.06.